The summed E-state index contributed by atoms with van der Waals surface area (Å²) in [5.74, 6) is 2.32. The van der Waals surface area contributed by atoms with Crippen LogP contribution >= 0.6 is 0 Å². The maximum atomic E-state index is 11.8. The van der Waals surface area contributed by atoms with Crippen LogP contribution in [0, 0.1) is 0 Å². The number of methoxy groups -OCH3 is 1. The highest BCUT2D eigenvalue weighted by molar-refractivity contribution is 5.85. The number of aromatic amines is 1. The van der Waals surface area contributed by atoms with Crippen LogP contribution in [0.4, 0.5) is 0 Å². The van der Waals surface area contributed by atoms with Gasteiger partial charge in [0.15, 0.2) is 11.5 Å². The summed E-state index contributed by atoms with van der Waals surface area (Å²) >= 11 is 0. The lowest BCUT2D eigenvalue weighted by molar-refractivity contribution is 0.0190. The highest BCUT2D eigenvalue weighted by Crippen LogP contribution is 2.55. The molecule has 1 aromatic heterocycles. The van der Waals surface area contributed by atoms with E-state index in [-0.39, 0.29) is 24.0 Å². The van der Waals surface area contributed by atoms with Gasteiger partial charge >= 0.3 is 0 Å². The second-order valence-corrected chi connectivity index (χ2v) is 13.1. The molecule has 47 heavy (non-hydrogen) atoms. The van der Waals surface area contributed by atoms with Crippen molar-refractivity contribution >= 4 is 10.9 Å². The van der Waals surface area contributed by atoms with E-state index in [0.717, 1.165) is 76.1 Å². The Morgan fingerprint density at radius 3 is 2.70 bits per heavy atom. The first kappa shape index (κ1) is 29.7. The number of hydrogen-bond donors (Lipinski definition) is 5. The third kappa shape index (κ3) is 5.07. The van der Waals surface area contributed by atoms with Gasteiger partial charge in [-0.25, -0.2) is 0 Å². The smallest absolute Gasteiger partial charge is 0.161 e. The number of aliphatic hydroxyl groups excluding tert-OH is 2. The Kier molecular flexibility index (Phi) is 7.50. The Hall–Kier alpha value is -4.66. The second kappa shape index (κ2) is 11.9. The first-order valence-corrected chi connectivity index (χ1v) is 16.5. The van der Waals surface area contributed by atoms with Gasteiger partial charge in [0.2, 0.25) is 0 Å². The van der Waals surface area contributed by atoms with Gasteiger partial charge in [0, 0.05) is 41.4 Å². The van der Waals surface area contributed by atoms with Crippen LogP contribution < -0.4 is 14.2 Å². The minimum Gasteiger partial charge on any atom is -0.508 e. The van der Waals surface area contributed by atoms with Gasteiger partial charge in [-0.2, -0.15) is 0 Å². The molecule has 8 nitrogen and oxygen atoms in total. The molecular formula is C39H39NO7. The average molecular weight is 634 g/mol. The van der Waals surface area contributed by atoms with Crippen molar-refractivity contribution < 1.29 is 34.6 Å². The summed E-state index contributed by atoms with van der Waals surface area (Å²) in [5, 5.41) is 43.8. The summed E-state index contributed by atoms with van der Waals surface area (Å²) in [4.78, 5) is 3.28. The van der Waals surface area contributed by atoms with Crippen molar-refractivity contribution in [1.82, 2.24) is 4.98 Å². The molecule has 8 heteroatoms. The van der Waals surface area contributed by atoms with Crippen molar-refractivity contribution in [3.63, 3.8) is 0 Å². The molecule has 3 heterocycles. The maximum Gasteiger partial charge on any atom is 0.161 e. The Bertz CT molecular complexity index is 2000. The van der Waals surface area contributed by atoms with Crippen molar-refractivity contribution in [3.05, 3.63) is 99.7 Å². The molecule has 0 fully saturated rings. The molecule has 5 N–H and O–H groups in total. The van der Waals surface area contributed by atoms with Crippen LogP contribution in [0.1, 0.15) is 63.8 Å². The number of rotatable bonds is 7. The second-order valence-electron chi connectivity index (χ2n) is 13.1. The summed E-state index contributed by atoms with van der Waals surface area (Å²) < 4.78 is 18.8. The Morgan fingerprint density at radius 2 is 1.85 bits per heavy atom. The molecule has 3 unspecified atom stereocenters. The zero-order chi connectivity index (χ0) is 32.2. The van der Waals surface area contributed by atoms with Gasteiger partial charge in [0.05, 0.1) is 19.8 Å². The number of aromatic hydroxyl groups is 2. The third-order valence-electron chi connectivity index (χ3n) is 10.2. The van der Waals surface area contributed by atoms with E-state index < -0.39 is 12.2 Å². The predicted molar refractivity (Wildman–Crippen MR) is 179 cm³/mol. The number of phenols is 2. The van der Waals surface area contributed by atoms with Crippen LogP contribution in [-0.4, -0.2) is 51.8 Å². The van der Waals surface area contributed by atoms with Crippen molar-refractivity contribution in [2.45, 2.75) is 63.1 Å². The minimum atomic E-state index is -0.843. The predicted octanol–water partition coefficient (Wildman–Crippen LogP) is 6.42. The highest BCUT2D eigenvalue weighted by atomic mass is 16.5. The number of aryl methyl sites for hydroxylation is 1. The van der Waals surface area contributed by atoms with Crippen LogP contribution in [-0.2, 0) is 32.1 Å². The van der Waals surface area contributed by atoms with E-state index in [1.165, 1.54) is 18.1 Å². The Labute approximate surface area is 273 Å². The molecule has 0 saturated heterocycles. The number of hydrogen-bond acceptors (Lipinski definition) is 7. The minimum absolute atomic E-state index is 0.00360. The molecule has 5 aromatic rings. The molecule has 0 amide bonds. The Morgan fingerprint density at radius 1 is 0.957 bits per heavy atom. The first-order valence-electron chi connectivity index (χ1n) is 16.5. The molecule has 0 radical (unpaired) electrons. The molecule has 8 rings (SSSR count). The van der Waals surface area contributed by atoms with Crippen LogP contribution in [0.2, 0.25) is 0 Å². The van der Waals surface area contributed by atoms with Gasteiger partial charge < -0.3 is 39.6 Å². The largest absolute Gasteiger partial charge is 0.508 e. The van der Waals surface area contributed by atoms with Crippen LogP contribution in [0.3, 0.4) is 0 Å². The van der Waals surface area contributed by atoms with Gasteiger partial charge in [-0.3, -0.25) is 0 Å². The number of benzene rings is 4. The summed E-state index contributed by atoms with van der Waals surface area (Å²) in [5.41, 5.74) is 10.1. The molecule has 2 aliphatic heterocycles. The topological polar surface area (TPSA) is 124 Å². The third-order valence-corrected chi connectivity index (χ3v) is 10.2. The molecule has 0 spiro atoms. The lowest BCUT2D eigenvalue weighted by Gasteiger charge is -2.39. The zero-order valence-electron chi connectivity index (χ0n) is 26.4. The first-order chi connectivity index (χ1) is 22.9. The SMILES string of the molecule is COc1cc(C2Oc3c(c4c(c5c3CCCO5)-c3ccc(O)cc3C(Cc3ccc5[nH]ccc5c3)C4)CC2O)cc(CCCO)c1O. The highest BCUT2D eigenvalue weighted by Gasteiger charge is 2.40. The number of ether oxygens (including phenoxy) is 3. The van der Waals surface area contributed by atoms with Gasteiger partial charge in [0.25, 0.3) is 0 Å². The van der Waals surface area contributed by atoms with Gasteiger partial charge in [-0.1, -0.05) is 12.1 Å². The van der Waals surface area contributed by atoms with Gasteiger partial charge in [0.1, 0.15) is 23.4 Å². The number of fused-ring (bicyclic) bond motifs is 9. The van der Waals surface area contributed by atoms with E-state index in [1.54, 1.807) is 12.1 Å². The fraction of sp³-hybridized carbons (Fsp3) is 0.333. The lowest BCUT2D eigenvalue weighted by atomic mass is 9.72. The zero-order valence-corrected chi connectivity index (χ0v) is 26.4. The monoisotopic (exact) mass is 633 g/mol. The van der Waals surface area contributed by atoms with Crippen LogP contribution in [0.25, 0.3) is 22.0 Å². The van der Waals surface area contributed by atoms with E-state index in [0.29, 0.717) is 42.7 Å². The summed E-state index contributed by atoms with van der Waals surface area (Å²) in [6.07, 6.45) is 4.97. The molecule has 4 aromatic carbocycles. The van der Waals surface area contributed by atoms with E-state index in [9.17, 15) is 20.4 Å². The maximum absolute atomic E-state index is 11.8. The van der Waals surface area contributed by atoms with Crippen molar-refractivity contribution in [1.29, 1.82) is 0 Å². The molecular weight excluding hydrogens is 594 g/mol. The van der Waals surface area contributed by atoms with Gasteiger partial charge in [-0.05, 0) is 126 Å². The molecule has 242 valence electrons. The lowest BCUT2D eigenvalue weighted by Crippen LogP contribution is -2.33. The van der Waals surface area contributed by atoms with Gasteiger partial charge in [-0.15, -0.1) is 0 Å². The fourth-order valence-electron chi connectivity index (χ4n) is 7.99. The summed E-state index contributed by atoms with van der Waals surface area (Å²) in [6, 6.07) is 17.9. The molecule has 0 saturated carbocycles. The molecule has 0 bridgehead atoms. The van der Waals surface area contributed by atoms with Crippen LogP contribution in [0.15, 0.2) is 60.8 Å². The quantitative estimate of drug-likeness (QED) is 0.140. The standard InChI is InChI=1S/C39H39NO7/c1-45-34-18-25(16-23(36(34)44)4-2-12-41)37-33(43)20-31-30-17-24(15-21-6-9-32-22(14-21)10-11-40-32)29-19-26(42)7-8-27(29)35(30)39-28(38(31)47-37)5-3-13-46-39/h6-11,14,16,18-19,24,33,37,40-44H,2-5,12-13,15,17,20H2,1H3. The average Bonchev–Trinajstić information content (AvgIpc) is 3.56. The normalized spacial score (nSPS) is 19.6. The van der Waals surface area contributed by atoms with E-state index in [2.05, 4.69) is 29.2 Å². The molecule has 3 aliphatic rings. The fourth-order valence-corrected chi connectivity index (χ4v) is 7.99. The van der Waals surface area contributed by atoms with E-state index >= 15 is 0 Å². The van der Waals surface area contributed by atoms with Crippen molar-refractivity contribution in [3.8, 4) is 39.9 Å². The number of nitrogens with one attached hydrogen (secondary N) is 1. The number of phenolic OH excluding ortho intramolecular Hbond substituents is 2. The van der Waals surface area contributed by atoms with Crippen LogP contribution in [0.5, 0.6) is 28.7 Å². The van der Waals surface area contributed by atoms with Crippen molar-refractivity contribution in [2.24, 2.45) is 0 Å². The molecule has 3 atom stereocenters. The molecule has 1 aliphatic carbocycles. The van der Waals surface area contributed by atoms with E-state index in [4.69, 9.17) is 14.2 Å². The van der Waals surface area contributed by atoms with E-state index in [1.807, 2.05) is 24.4 Å². The number of aromatic nitrogens is 1. The number of aliphatic hydroxyl groups is 2. The summed E-state index contributed by atoms with van der Waals surface area (Å²) in [6.45, 7) is 0.616. The Balaban J connectivity index is 1.24. The number of H-pyrrole nitrogens is 1. The van der Waals surface area contributed by atoms with Crippen molar-refractivity contribution in [2.75, 3.05) is 20.3 Å². The summed E-state index contributed by atoms with van der Waals surface area (Å²) in [7, 11) is 1.51.